The third-order valence-corrected chi connectivity index (χ3v) is 5.11. The van der Waals surface area contributed by atoms with Crippen molar-refractivity contribution < 1.29 is 23.8 Å². The highest BCUT2D eigenvalue weighted by Gasteiger charge is 2.07. The van der Waals surface area contributed by atoms with Gasteiger partial charge in [-0.25, -0.2) is 0 Å². The number of hydrogen-bond donors (Lipinski definition) is 0. The number of ether oxygens (including phenoxy) is 4. The Bertz CT molecular complexity index is 871. The largest absolute Gasteiger partial charge is 0.494 e. The van der Waals surface area contributed by atoms with E-state index >= 15 is 0 Å². The lowest BCUT2D eigenvalue weighted by atomic mass is 10.1. The van der Waals surface area contributed by atoms with Gasteiger partial charge in [-0.15, -0.1) is 0 Å². The van der Waals surface area contributed by atoms with E-state index in [2.05, 4.69) is 23.8 Å². The lowest BCUT2D eigenvalue weighted by Gasteiger charge is -2.14. The van der Waals surface area contributed by atoms with E-state index < -0.39 is 0 Å². The Balaban J connectivity index is 1.59. The van der Waals surface area contributed by atoms with Gasteiger partial charge in [-0.05, 0) is 87.4 Å². The van der Waals surface area contributed by atoms with Gasteiger partial charge in [-0.1, -0.05) is 29.4 Å². The molecule has 0 amide bonds. The molecular formula is C28H39NO5. The average molecular weight is 470 g/mol. The fourth-order valence-corrected chi connectivity index (χ4v) is 3.44. The molecule has 0 saturated carbocycles. The van der Waals surface area contributed by atoms with Crippen LogP contribution in [0, 0.1) is 13.8 Å². The second kappa shape index (κ2) is 16.6. The van der Waals surface area contributed by atoms with Crippen molar-refractivity contribution in [2.24, 2.45) is 5.16 Å². The van der Waals surface area contributed by atoms with Crippen LogP contribution in [0.3, 0.4) is 0 Å². The third-order valence-electron chi connectivity index (χ3n) is 5.11. The summed E-state index contributed by atoms with van der Waals surface area (Å²) in [4.78, 5) is 4.60. The Hall–Kier alpha value is -2.99. The molecule has 0 aliphatic rings. The molecule has 2 aromatic carbocycles. The predicted octanol–water partition coefficient (Wildman–Crippen LogP) is 6.43. The summed E-state index contributed by atoms with van der Waals surface area (Å²) in [6.45, 7) is 9.07. The number of allylic oxidation sites excluding steroid dienone is 1. The van der Waals surface area contributed by atoms with Gasteiger partial charge in [0.1, 0.15) is 31.0 Å². The fourth-order valence-electron chi connectivity index (χ4n) is 3.44. The zero-order valence-electron chi connectivity index (χ0n) is 21.0. The average Bonchev–Trinajstić information content (AvgIpc) is 2.82. The Morgan fingerprint density at radius 2 is 1.56 bits per heavy atom. The second-order valence-electron chi connectivity index (χ2n) is 8.01. The van der Waals surface area contributed by atoms with Gasteiger partial charge in [0.2, 0.25) is 0 Å². The van der Waals surface area contributed by atoms with Gasteiger partial charge < -0.3 is 23.8 Å². The van der Waals surface area contributed by atoms with Gasteiger partial charge >= 0.3 is 0 Å². The standard InChI is InChI=1S/C28H39NO5/c1-5-6-15-33-27-19-23(2)28(24(3)20-27)34-17-10-8-7-9-16-32-26-13-11-12-25(21-26)22-31-18-14-29-30-4/h5-6,11-14,19-21H,7-10,15-18,22H2,1-4H3/b6-5+,29-14?. The van der Waals surface area contributed by atoms with Gasteiger partial charge in [0.05, 0.1) is 32.6 Å². The molecule has 0 saturated heterocycles. The molecule has 0 aliphatic heterocycles. The van der Waals surface area contributed by atoms with Crippen LogP contribution in [0.25, 0.3) is 0 Å². The van der Waals surface area contributed by atoms with Gasteiger partial charge in [0.25, 0.3) is 0 Å². The Kier molecular flexibility index (Phi) is 13.3. The fraction of sp³-hybridized carbons (Fsp3) is 0.464. The molecule has 0 atom stereocenters. The lowest BCUT2D eigenvalue weighted by molar-refractivity contribution is 0.154. The number of unbranched alkanes of at least 4 members (excludes halogenated alkanes) is 3. The highest BCUT2D eigenvalue weighted by molar-refractivity contribution is 5.57. The van der Waals surface area contributed by atoms with Crippen LogP contribution in [0.1, 0.15) is 49.3 Å². The molecule has 2 rings (SSSR count). The highest BCUT2D eigenvalue weighted by Crippen LogP contribution is 2.28. The molecule has 6 heteroatoms. The van der Waals surface area contributed by atoms with Gasteiger partial charge in [-0.2, -0.15) is 0 Å². The van der Waals surface area contributed by atoms with E-state index in [4.69, 9.17) is 18.9 Å². The number of rotatable bonds is 17. The molecule has 34 heavy (non-hydrogen) atoms. The van der Waals surface area contributed by atoms with Crippen LogP contribution in [0.15, 0.2) is 53.7 Å². The maximum Gasteiger partial charge on any atom is 0.125 e. The van der Waals surface area contributed by atoms with E-state index in [1.807, 2.05) is 55.5 Å². The third kappa shape index (κ3) is 10.8. The van der Waals surface area contributed by atoms with E-state index in [0.29, 0.717) is 26.4 Å². The van der Waals surface area contributed by atoms with Crippen LogP contribution >= 0.6 is 0 Å². The molecule has 0 aliphatic carbocycles. The molecule has 0 bridgehead atoms. The molecule has 186 valence electrons. The van der Waals surface area contributed by atoms with Crippen LogP contribution in [0.2, 0.25) is 0 Å². The summed E-state index contributed by atoms with van der Waals surface area (Å²) < 4.78 is 23.2. The molecule has 0 N–H and O–H groups in total. The van der Waals surface area contributed by atoms with Crippen LogP contribution < -0.4 is 14.2 Å². The first-order chi connectivity index (χ1) is 16.6. The van der Waals surface area contributed by atoms with Crippen molar-refractivity contribution in [2.75, 3.05) is 33.5 Å². The van der Waals surface area contributed by atoms with Gasteiger partial charge in [-0.3, -0.25) is 0 Å². The minimum Gasteiger partial charge on any atom is -0.494 e. The van der Waals surface area contributed by atoms with Crippen LogP contribution in [0.5, 0.6) is 17.2 Å². The monoisotopic (exact) mass is 469 g/mol. The van der Waals surface area contributed by atoms with E-state index in [1.54, 1.807) is 6.21 Å². The van der Waals surface area contributed by atoms with Crippen molar-refractivity contribution in [3.63, 3.8) is 0 Å². The van der Waals surface area contributed by atoms with Crippen molar-refractivity contribution in [3.8, 4) is 17.2 Å². The van der Waals surface area contributed by atoms with Crippen molar-refractivity contribution in [1.29, 1.82) is 0 Å². The molecular weight excluding hydrogens is 430 g/mol. The molecule has 0 spiro atoms. The van der Waals surface area contributed by atoms with E-state index in [-0.39, 0.29) is 0 Å². The molecule has 6 nitrogen and oxygen atoms in total. The summed E-state index contributed by atoms with van der Waals surface area (Å²) in [5.74, 6) is 2.73. The molecule has 0 fully saturated rings. The summed E-state index contributed by atoms with van der Waals surface area (Å²) in [5.41, 5.74) is 3.29. The van der Waals surface area contributed by atoms with Crippen molar-refractivity contribution in [1.82, 2.24) is 0 Å². The van der Waals surface area contributed by atoms with Crippen molar-refractivity contribution in [2.45, 2.75) is 53.1 Å². The highest BCUT2D eigenvalue weighted by atomic mass is 16.6. The SMILES string of the molecule is C/C=C/COc1cc(C)c(OCCCCCCOc2cccc(COCC=NOC)c2)c(C)c1. The minimum absolute atomic E-state index is 0.415. The molecule has 0 unspecified atom stereocenters. The first kappa shape index (κ1) is 27.3. The van der Waals surface area contributed by atoms with Gasteiger partial charge in [0.15, 0.2) is 0 Å². The number of nitrogens with zero attached hydrogens (tertiary/aromatic N) is 1. The Labute approximate surface area is 204 Å². The zero-order valence-corrected chi connectivity index (χ0v) is 21.0. The van der Waals surface area contributed by atoms with Crippen molar-refractivity contribution in [3.05, 3.63) is 65.2 Å². The van der Waals surface area contributed by atoms with Crippen LogP contribution in [0.4, 0.5) is 0 Å². The Morgan fingerprint density at radius 1 is 0.824 bits per heavy atom. The number of aryl methyl sites for hydroxylation is 2. The summed E-state index contributed by atoms with van der Waals surface area (Å²) in [6, 6.07) is 12.1. The summed E-state index contributed by atoms with van der Waals surface area (Å²) in [6.07, 6.45) is 9.84. The predicted molar refractivity (Wildman–Crippen MR) is 137 cm³/mol. The maximum absolute atomic E-state index is 6.06. The topological polar surface area (TPSA) is 58.5 Å². The second-order valence-corrected chi connectivity index (χ2v) is 8.01. The molecule has 0 radical (unpaired) electrons. The van der Waals surface area contributed by atoms with Gasteiger partial charge in [0, 0.05) is 0 Å². The number of hydrogen-bond acceptors (Lipinski definition) is 6. The van der Waals surface area contributed by atoms with E-state index in [9.17, 15) is 0 Å². The quantitative estimate of drug-likeness (QED) is 0.116. The molecule has 0 heterocycles. The van der Waals surface area contributed by atoms with E-state index in [0.717, 1.165) is 66.2 Å². The number of oxime groups is 1. The smallest absolute Gasteiger partial charge is 0.125 e. The van der Waals surface area contributed by atoms with Crippen molar-refractivity contribution >= 4 is 6.21 Å². The first-order valence-electron chi connectivity index (χ1n) is 12.0. The summed E-state index contributed by atoms with van der Waals surface area (Å²) in [5, 5.41) is 3.65. The zero-order chi connectivity index (χ0) is 24.4. The molecule has 0 aromatic heterocycles. The summed E-state index contributed by atoms with van der Waals surface area (Å²) >= 11 is 0. The van der Waals surface area contributed by atoms with Crippen LogP contribution in [-0.4, -0.2) is 39.8 Å². The molecule has 2 aromatic rings. The number of benzene rings is 2. The normalized spacial score (nSPS) is 11.3. The lowest BCUT2D eigenvalue weighted by Crippen LogP contribution is -2.03. The summed E-state index contributed by atoms with van der Waals surface area (Å²) in [7, 11) is 1.51. The minimum atomic E-state index is 0.415. The maximum atomic E-state index is 6.06. The van der Waals surface area contributed by atoms with Crippen LogP contribution in [-0.2, 0) is 16.2 Å². The Morgan fingerprint density at radius 3 is 2.26 bits per heavy atom. The first-order valence-corrected chi connectivity index (χ1v) is 12.0. The van der Waals surface area contributed by atoms with E-state index in [1.165, 1.54) is 7.11 Å².